The monoisotopic (exact) mass is 527 g/mol. The molecular formula is C20H42IN5O3. The number of guanidine groups is 1. The van der Waals surface area contributed by atoms with Crippen molar-refractivity contribution >= 4 is 41.9 Å². The van der Waals surface area contributed by atoms with Crippen molar-refractivity contribution in [1.82, 2.24) is 20.9 Å². The molecule has 172 valence electrons. The summed E-state index contributed by atoms with van der Waals surface area (Å²) in [5, 5.41) is 9.54. The minimum atomic E-state index is -0.553. The molecule has 0 saturated carbocycles. The van der Waals surface area contributed by atoms with Gasteiger partial charge in [-0.1, -0.05) is 27.7 Å². The Kier molecular flexibility index (Phi) is 14.3. The van der Waals surface area contributed by atoms with Crippen molar-refractivity contribution in [2.75, 3.05) is 33.7 Å². The van der Waals surface area contributed by atoms with E-state index in [9.17, 15) is 9.59 Å². The van der Waals surface area contributed by atoms with Crippen molar-refractivity contribution in [3.63, 3.8) is 0 Å². The molecule has 8 nitrogen and oxygen atoms in total. The molecule has 0 saturated heterocycles. The van der Waals surface area contributed by atoms with Gasteiger partial charge in [-0.05, 0) is 39.5 Å². The van der Waals surface area contributed by atoms with Crippen molar-refractivity contribution < 1.29 is 14.3 Å². The van der Waals surface area contributed by atoms with Gasteiger partial charge in [-0.3, -0.25) is 4.79 Å². The molecule has 29 heavy (non-hydrogen) atoms. The Morgan fingerprint density at radius 3 is 2.03 bits per heavy atom. The first-order valence-corrected chi connectivity index (χ1v) is 10.1. The van der Waals surface area contributed by atoms with Crippen molar-refractivity contribution in [3.05, 3.63) is 0 Å². The fourth-order valence-corrected chi connectivity index (χ4v) is 2.26. The first-order chi connectivity index (χ1) is 12.8. The average molecular weight is 527 g/mol. The van der Waals surface area contributed by atoms with E-state index in [0.29, 0.717) is 18.4 Å². The molecule has 0 fully saturated rings. The summed E-state index contributed by atoms with van der Waals surface area (Å²) < 4.78 is 5.41. The lowest BCUT2D eigenvalue weighted by molar-refractivity contribution is -0.127. The predicted octanol–water partition coefficient (Wildman–Crippen LogP) is 2.97. The van der Waals surface area contributed by atoms with Crippen molar-refractivity contribution in [3.8, 4) is 0 Å². The third-order valence-electron chi connectivity index (χ3n) is 4.26. The Balaban J connectivity index is 0. The lowest BCUT2D eigenvalue weighted by Gasteiger charge is -2.34. The molecule has 9 heteroatoms. The van der Waals surface area contributed by atoms with Crippen LogP contribution in [-0.4, -0.2) is 67.7 Å². The molecule has 0 heterocycles. The zero-order chi connectivity index (χ0) is 22.0. The number of halogens is 1. The molecule has 0 aromatic heterocycles. The van der Waals surface area contributed by atoms with E-state index >= 15 is 0 Å². The summed E-state index contributed by atoms with van der Waals surface area (Å²) in [6.07, 6.45) is 1.02. The SMILES string of the molecule is CCC(CC)(CNC(=NCC(=O)N(C)C)NCC(C)C)NC(=O)OC(C)(C)C.I. The molecule has 2 amide bonds. The fourth-order valence-electron chi connectivity index (χ4n) is 2.26. The van der Waals surface area contributed by atoms with Crippen LogP contribution in [-0.2, 0) is 9.53 Å². The molecule has 0 spiro atoms. The lowest BCUT2D eigenvalue weighted by atomic mass is 9.93. The van der Waals surface area contributed by atoms with Crippen LogP contribution in [0.1, 0.15) is 61.3 Å². The number of ether oxygens (including phenoxy) is 1. The van der Waals surface area contributed by atoms with Crippen LogP contribution in [0.2, 0.25) is 0 Å². The Morgan fingerprint density at radius 1 is 1.07 bits per heavy atom. The molecule has 0 aliphatic rings. The highest BCUT2D eigenvalue weighted by Gasteiger charge is 2.30. The van der Waals surface area contributed by atoms with Crippen LogP contribution in [0.5, 0.6) is 0 Å². The number of amides is 2. The number of nitrogens with one attached hydrogen (secondary N) is 3. The summed E-state index contributed by atoms with van der Waals surface area (Å²) in [6, 6.07) is 0. The van der Waals surface area contributed by atoms with E-state index in [1.807, 2.05) is 34.6 Å². The maximum atomic E-state index is 12.3. The Bertz CT molecular complexity index is 527. The largest absolute Gasteiger partial charge is 0.444 e. The maximum Gasteiger partial charge on any atom is 0.408 e. The van der Waals surface area contributed by atoms with Gasteiger partial charge in [0.15, 0.2) is 5.96 Å². The third kappa shape index (κ3) is 13.6. The van der Waals surface area contributed by atoms with Gasteiger partial charge in [0.25, 0.3) is 0 Å². The van der Waals surface area contributed by atoms with E-state index in [1.54, 1.807) is 14.1 Å². The van der Waals surface area contributed by atoms with E-state index in [1.165, 1.54) is 4.90 Å². The molecule has 0 aromatic rings. The lowest BCUT2D eigenvalue weighted by Crippen LogP contribution is -2.57. The van der Waals surface area contributed by atoms with E-state index in [4.69, 9.17) is 4.74 Å². The highest BCUT2D eigenvalue weighted by Crippen LogP contribution is 2.16. The van der Waals surface area contributed by atoms with E-state index in [2.05, 4.69) is 34.8 Å². The minimum absolute atomic E-state index is 0. The number of carbonyl (C=O) groups is 2. The minimum Gasteiger partial charge on any atom is -0.444 e. The molecule has 3 N–H and O–H groups in total. The van der Waals surface area contributed by atoms with Crippen LogP contribution in [0.3, 0.4) is 0 Å². The number of alkyl carbamates (subject to hydrolysis) is 1. The zero-order valence-corrected chi connectivity index (χ0v) is 22.0. The number of likely N-dealkylation sites (N-methyl/N-ethyl adjacent to an activating group) is 1. The van der Waals surface area contributed by atoms with Gasteiger partial charge in [0.2, 0.25) is 5.91 Å². The van der Waals surface area contributed by atoms with Crippen LogP contribution < -0.4 is 16.0 Å². The van der Waals surface area contributed by atoms with Crippen molar-refractivity contribution in [2.24, 2.45) is 10.9 Å². The van der Waals surface area contributed by atoms with E-state index < -0.39 is 17.2 Å². The first-order valence-electron chi connectivity index (χ1n) is 10.1. The molecule has 0 bridgehead atoms. The molecule has 0 radical (unpaired) electrons. The normalized spacial score (nSPS) is 12.1. The topological polar surface area (TPSA) is 95.1 Å². The van der Waals surface area contributed by atoms with Gasteiger partial charge < -0.3 is 25.6 Å². The second kappa shape index (κ2) is 13.9. The highest BCUT2D eigenvalue weighted by molar-refractivity contribution is 14.0. The molecule has 0 aliphatic carbocycles. The van der Waals surface area contributed by atoms with Crippen LogP contribution in [0, 0.1) is 5.92 Å². The summed E-state index contributed by atoms with van der Waals surface area (Å²) >= 11 is 0. The smallest absolute Gasteiger partial charge is 0.408 e. The molecule has 0 aliphatic heterocycles. The van der Waals surface area contributed by atoms with Gasteiger partial charge in [-0.25, -0.2) is 9.79 Å². The molecule has 0 atom stereocenters. The number of hydrogen-bond donors (Lipinski definition) is 3. The van der Waals surface area contributed by atoms with Gasteiger partial charge in [-0.15, -0.1) is 24.0 Å². The van der Waals surface area contributed by atoms with Crippen LogP contribution >= 0.6 is 24.0 Å². The van der Waals surface area contributed by atoms with Crippen LogP contribution in [0.15, 0.2) is 4.99 Å². The molecule has 0 aromatic carbocycles. The average Bonchev–Trinajstić information content (AvgIpc) is 2.57. The zero-order valence-electron chi connectivity index (χ0n) is 19.6. The second-order valence-corrected chi connectivity index (χ2v) is 8.70. The maximum absolute atomic E-state index is 12.3. The molecule has 0 rings (SSSR count). The van der Waals surface area contributed by atoms with Gasteiger partial charge in [0.05, 0.1) is 5.54 Å². The number of rotatable bonds is 9. The van der Waals surface area contributed by atoms with Crippen LogP contribution in [0.4, 0.5) is 4.79 Å². The Morgan fingerprint density at radius 2 is 1.62 bits per heavy atom. The van der Waals surface area contributed by atoms with E-state index in [-0.39, 0.29) is 36.4 Å². The Hall–Kier alpha value is -1.26. The number of hydrogen-bond acceptors (Lipinski definition) is 4. The predicted molar refractivity (Wildman–Crippen MR) is 130 cm³/mol. The van der Waals surface area contributed by atoms with E-state index in [0.717, 1.165) is 19.4 Å². The van der Waals surface area contributed by atoms with Crippen LogP contribution in [0.25, 0.3) is 0 Å². The standard InChI is InChI=1S/C20H41N5O3.HI/c1-10-20(11-2,24-18(27)28-19(5,6)7)14-23-17(21-12-15(3)4)22-13-16(26)25(8)9;/h15H,10-14H2,1-9H3,(H,24,27)(H2,21,22,23);1H. The van der Waals surface area contributed by atoms with Gasteiger partial charge >= 0.3 is 6.09 Å². The molecular weight excluding hydrogens is 485 g/mol. The first kappa shape index (κ1) is 29.9. The quantitative estimate of drug-likeness (QED) is 0.244. The summed E-state index contributed by atoms with van der Waals surface area (Å²) in [7, 11) is 3.41. The number of carbonyl (C=O) groups excluding carboxylic acids is 2. The fraction of sp³-hybridized carbons (Fsp3) is 0.850. The van der Waals surface area contributed by atoms with Gasteiger partial charge in [0.1, 0.15) is 12.1 Å². The number of aliphatic imine (C=N–C) groups is 1. The van der Waals surface area contributed by atoms with Crippen molar-refractivity contribution in [1.29, 1.82) is 0 Å². The highest BCUT2D eigenvalue weighted by atomic mass is 127. The third-order valence-corrected chi connectivity index (χ3v) is 4.26. The Labute approximate surface area is 194 Å². The summed E-state index contributed by atoms with van der Waals surface area (Å²) in [6.45, 7) is 15.0. The second-order valence-electron chi connectivity index (χ2n) is 8.70. The molecule has 0 unspecified atom stereocenters. The number of nitrogens with zero attached hydrogens (tertiary/aromatic N) is 2. The van der Waals surface area contributed by atoms with Gasteiger partial charge in [0, 0.05) is 27.2 Å². The summed E-state index contributed by atoms with van der Waals surface area (Å²) in [4.78, 5) is 30.0. The summed E-state index contributed by atoms with van der Waals surface area (Å²) in [5.41, 5.74) is -1.03. The van der Waals surface area contributed by atoms with Gasteiger partial charge in [-0.2, -0.15) is 0 Å². The summed E-state index contributed by atoms with van der Waals surface area (Å²) in [5.74, 6) is 0.912. The van der Waals surface area contributed by atoms with Crippen molar-refractivity contribution in [2.45, 2.75) is 72.4 Å².